The molecule has 1 heterocycles. The molecule has 0 aliphatic carbocycles. The second kappa shape index (κ2) is 3.05. The zero-order valence-corrected chi connectivity index (χ0v) is 6.37. The molecule has 0 radical (unpaired) electrons. The molecule has 0 saturated heterocycles. The minimum atomic E-state index is 0.498. The van der Waals surface area contributed by atoms with Crippen molar-refractivity contribution in [3.63, 3.8) is 0 Å². The summed E-state index contributed by atoms with van der Waals surface area (Å²) in [5.74, 6) is 1.09. The summed E-state index contributed by atoms with van der Waals surface area (Å²) in [4.78, 5) is 3.89. The van der Waals surface area contributed by atoms with Crippen molar-refractivity contribution in [2.24, 2.45) is 0 Å². The van der Waals surface area contributed by atoms with E-state index in [2.05, 4.69) is 11.6 Å². The molecule has 0 unspecified atom stereocenters. The molecule has 3 heteroatoms. The Morgan fingerprint density at radius 2 is 2.36 bits per heavy atom. The standard InChI is InChI=1S/C8H10N2O/c1-6(11-2)7-3-4-8(9)10-5-7/h3-5H,1H2,2H3,(H2,9,10). The van der Waals surface area contributed by atoms with E-state index in [1.807, 2.05) is 6.07 Å². The molecule has 0 atom stereocenters. The van der Waals surface area contributed by atoms with Crippen LogP contribution in [0.3, 0.4) is 0 Å². The summed E-state index contributed by atoms with van der Waals surface area (Å²) in [5.41, 5.74) is 6.24. The highest BCUT2D eigenvalue weighted by Gasteiger charge is 1.96. The molecular weight excluding hydrogens is 140 g/mol. The molecule has 0 bridgehead atoms. The number of hydrogen-bond donors (Lipinski definition) is 1. The smallest absolute Gasteiger partial charge is 0.123 e. The van der Waals surface area contributed by atoms with E-state index in [0.29, 0.717) is 11.6 Å². The molecular formula is C8H10N2O. The SMILES string of the molecule is C=C(OC)c1ccc(N)nc1. The van der Waals surface area contributed by atoms with Gasteiger partial charge in [-0.1, -0.05) is 6.58 Å². The lowest BCUT2D eigenvalue weighted by atomic mass is 10.2. The summed E-state index contributed by atoms with van der Waals surface area (Å²) in [6.45, 7) is 3.67. The number of methoxy groups -OCH3 is 1. The van der Waals surface area contributed by atoms with Crippen molar-refractivity contribution in [1.82, 2.24) is 4.98 Å². The van der Waals surface area contributed by atoms with Gasteiger partial charge in [0.25, 0.3) is 0 Å². The van der Waals surface area contributed by atoms with Crippen LogP contribution in [0.15, 0.2) is 24.9 Å². The van der Waals surface area contributed by atoms with Gasteiger partial charge < -0.3 is 10.5 Å². The van der Waals surface area contributed by atoms with Crippen LogP contribution in [0.5, 0.6) is 0 Å². The van der Waals surface area contributed by atoms with Crippen molar-refractivity contribution in [3.05, 3.63) is 30.5 Å². The Hall–Kier alpha value is -1.51. The lowest BCUT2D eigenvalue weighted by molar-refractivity contribution is 0.371. The van der Waals surface area contributed by atoms with Gasteiger partial charge in [-0.2, -0.15) is 0 Å². The van der Waals surface area contributed by atoms with Gasteiger partial charge in [-0.3, -0.25) is 0 Å². The maximum Gasteiger partial charge on any atom is 0.123 e. The number of anilines is 1. The highest BCUT2D eigenvalue weighted by atomic mass is 16.5. The first-order valence-electron chi connectivity index (χ1n) is 3.19. The number of rotatable bonds is 2. The fourth-order valence-corrected chi connectivity index (χ4v) is 0.688. The first-order valence-corrected chi connectivity index (χ1v) is 3.19. The lowest BCUT2D eigenvalue weighted by Gasteiger charge is -2.02. The Bertz CT molecular complexity index is 253. The lowest BCUT2D eigenvalue weighted by Crippen LogP contribution is -1.91. The molecule has 0 aliphatic heterocycles. The van der Waals surface area contributed by atoms with Crippen molar-refractivity contribution < 1.29 is 4.74 Å². The fourth-order valence-electron chi connectivity index (χ4n) is 0.688. The minimum absolute atomic E-state index is 0.498. The molecule has 1 rings (SSSR count). The van der Waals surface area contributed by atoms with Crippen LogP contribution in [0.2, 0.25) is 0 Å². The summed E-state index contributed by atoms with van der Waals surface area (Å²) in [7, 11) is 1.57. The second-order valence-electron chi connectivity index (χ2n) is 2.10. The van der Waals surface area contributed by atoms with Crippen LogP contribution in [-0.2, 0) is 4.74 Å². The summed E-state index contributed by atoms with van der Waals surface area (Å²) >= 11 is 0. The average Bonchev–Trinajstić information content (AvgIpc) is 2.05. The van der Waals surface area contributed by atoms with E-state index < -0.39 is 0 Å². The zero-order valence-electron chi connectivity index (χ0n) is 6.37. The van der Waals surface area contributed by atoms with Gasteiger partial charge in [-0.05, 0) is 12.1 Å². The number of aromatic nitrogens is 1. The van der Waals surface area contributed by atoms with Crippen molar-refractivity contribution >= 4 is 11.6 Å². The van der Waals surface area contributed by atoms with Crippen LogP contribution in [0.4, 0.5) is 5.82 Å². The number of nitrogens with zero attached hydrogens (tertiary/aromatic N) is 1. The van der Waals surface area contributed by atoms with E-state index in [4.69, 9.17) is 10.5 Å². The van der Waals surface area contributed by atoms with E-state index in [9.17, 15) is 0 Å². The summed E-state index contributed by atoms with van der Waals surface area (Å²) in [6.07, 6.45) is 1.63. The molecule has 58 valence electrons. The highest BCUT2D eigenvalue weighted by Crippen LogP contribution is 2.11. The molecule has 0 aromatic carbocycles. The van der Waals surface area contributed by atoms with Gasteiger partial charge in [-0.15, -0.1) is 0 Å². The van der Waals surface area contributed by atoms with Crippen molar-refractivity contribution in [1.29, 1.82) is 0 Å². The van der Waals surface area contributed by atoms with Crippen molar-refractivity contribution in [2.45, 2.75) is 0 Å². The third kappa shape index (κ3) is 1.70. The summed E-state index contributed by atoms with van der Waals surface area (Å²) in [6, 6.07) is 3.52. The molecule has 0 spiro atoms. The largest absolute Gasteiger partial charge is 0.497 e. The Kier molecular flexibility index (Phi) is 2.11. The van der Waals surface area contributed by atoms with Gasteiger partial charge in [0, 0.05) is 11.8 Å². The van der Waals surface area contributed by atoms with Gasteiger partial charge in [0.1, 0.15) is 11.6 Å². The molecule has 3 nitrogen and oxygen atoms in total. The first kappa shape index (κ1) is 7.60. The number of ether oxygens (including phenoxy) is 1. The molecule has 0 amide bonds. The predicted molar refractivity (Wildman–Crippen MR) is 44.7 cm³/mol. The first-order chi connectivity index (χ1) is 5.24. The summed E-state index contributed by atoms with van der Waals surface area (Å²) < 4.78 is 4.90. The molecule has 0 fully saturated rings. The van der Waals surface area contributed by atoms with Crippen LogP contribution < -0.4 is 5.73 Å². The Labute approximate surface area is 65.5 Å². The van der Waals surface area contributed by atoms with Crippen LogP contribution >= 0.6 is 0 Å². The van der Waals surface area contributed by atoms with Crippen molar-refractivity contribution in [2.75, 3.05) is 12.8 Å². The van der Waals surface area contributed by atoms with Crippen LogP contribution in [0.1, 0.15) is 5.56 Å². The van der Waals surface area contributed by atoms with Gasteiger partial charge >= 0.3 is 0 Å². The van der Waals surface area contributed by atoms with Gasteiger partial charge in [0.05, 0.1) is 7.11 Å². The predicted octanol–water partition coefficient (Wildman–Crippen LogP) is 1.28. The molecule has 2 N–H and O–H groups in total. The molecule has 11 heavy (non-hydrogen) atoms. The van der Waals surface area contributed by atoms with Gasteiger partial charge in [0.15, 0.2) is 0 Å². The van der Waals surface area contributed by atoms with E-state index in [0.717, 1.165) is 5.56 Å². The van der Waals surface area contributed by atoms with Crippen LogP contribution in [0, 0.1) is 0 Å². The topological polar surface area (TPSA) is 48.1 Å². The monoisotopic (exact) mass is 150 g/mol. The molecule has 1 aromatic heterocycles. The van der Waals surface area contributed by atoms with Crippen LogP contribution in [-0.4, -0.2) is 12.1 Å². The average molecular weight is 150 g/mol. The maximum absolute atomic E-state index is 5.39. The third-order valence-electron chi connectivity index (χ3n) is 1.35. The number of nitrogen functional groups attached to an aromatic ring is 1. The molecule has 0 saturated carbocycles. The fraction of sp³-hybridized carbons (Fsp3) is 0.125. The second-order valence-corrected chi connectivity index (χ2v) is 2.10. The quantitative estimate of drug-likeness (QED) is 0.646. The molecule has 0 aliphatic rings. The minimum Gasteiger partial charge on any atom is -0.497 e. The maximum atomic E-state index is 5.39. The zero-order chi connectivity index (χ0) is 8.27. The molecule has 1 aromatic rings. The Balaban J connectivity index is 2.90. The van der Waals surface area contributed by atoms with E-state index >= 15 is 0 Å². The third-order valence-corrected chi connectivity index (χ3v) is 1.35. The van der Waals surface area contributed by atoms with E-state index in [-0.39, 0.29) is 0 Å². The van der Waals surface area contributed by atoms with E-state index in [1.165, 1.54) is 0 Å². The Morgan fingerprint density at radius 1 is 1.64 bits per heavy atom. The number of nitrogens with two attached hydrogens (primary N) is 1. The van der Waals surface area contributed by atoms with Gasteiger partial charge in [0.2, 0.25) is 0 Å². The number of pyridine rings is 1. The van der Waals surface area contributed by atoms with Crippen LogP contribution in [0.25, 0.3) is 5.76 Å². The summed E-state index contributed by atoms with van der Waals surface area (Å²) in [5, 5.41) is 0. The Morgan fingerprint density at radius 3 is 2.82 bits per heavy atom. The van der Waals surface area contributed by atoms with E-state index in [1.54, 1.807) is 19.4 Å². The van der Waals surface area contributed by atoms with Gasteiger partial charge in [-0.25, -0.2) is 4.98 Å². The highest BCUT2D eigenvalue weighted by molar-refractivity contribution is 5.57. The normalized spacial score (nSPS) is 9.18. The number of hydrogen-bond acceptors (Lipinski definition) is 3. The van der Waals surface area contributed by atoms with Crippen molar-refractivity contribution in [3.8, 4) is 0 Å².